The van der Waals surface area contributed by atoms with E-state index in [0.717, 1.165) is 4.90 Å². The summed E-state index contributed by atoms with van der Waals surface area (Å²) in [7, 11) is -3.63. The average molecular weight is 381 g/mol. The summed E-state index contributed by atoms with van der Waals surface area (Å²) in [5, 5.41) is 0. The van der Waals surface area contributed by atoms with E-state index in [1.165, 1.54) is 0 Å². The second kappa shape index (κ2) is 7.02. The number of imide groups is 1. The van der Waals surface area contributed by atoms with Crippen LogP contribution in [-0.4, -0.2) is 42.2 Å². The minimum atomic E-state index is -3.63. The van der Waals surface area contributed by atoms with Crippen molar-refractivity contribution in [1.82, 2.24) is 4.90 Å². The van der Waals surface area contributed by atoms with Gasteiger partial charge in [-0.2, -0.15) is 0 Å². The van der Waals surface area contributed by atoms with Gasteiger partial charge in [-0.3, -0.25) is 4.79 Å². The van der Waals surface area contributed by atoms with Crippen molar-refractivity contribution in [1.29, 1.82) is 0 Å². The number of sulfone groups is 1. The van der Waals surface area contributed by atoms with E-state index in [1.807, 2.05) is 0 Å². The molecule has 1 unspecified atom stereocenters. The topological polar surface area (TPSA) is 80.8 Å². The molecule has 0 radical (unpaired) electrons. The quantitative estimate of drug-likeness (QED) is 0.801. The first kappa shape index (κ1) is 20.4. The first-order valence-corrected chi connectivity index (χ1v) is 10.2. The Morgan fingerprint density at radius 1 is 1.12 bits per heavy atom. The smallest absolute Gasteiger partial charge is 0.417 e. The Bertz CT molecular complexity index is 778. The molecule has 1 aromatic rings. The molecule has 0 aliphatic carbocycles. The lowest BCUT2D eigenvalue weighted by molar-refractivity contribution is -0.134. The number of rotatable bonds is 3. The summed E-state index contributed by atoms with van der Waals surface area (Å²) < 4.78 is 30.4. The zero-order valence-corrected chi connectivity index (χ0v) is 16.8. The normalized spacial score (nSPS) is 19.3. The Morgan fingerprint density at radius 3 is 2.23 bits per heavy atom. The monoisotopic (exact) mass is 381 g/mol. The van der Waals surface area contributed by atoms with E-state index in [9.17, 15) is 18.0 Å². The molecule has 0 N–H and O–H groups in total. The van der Waals surface area contributed by atoms with Gasteiger partial charge >= 0.3 is 6.09 Å². The van der Waals surface area contributed by atoms with Crippen LogP contribution in [0, 0.1) is 5.92 Å². The number of amides is 2. The van der Waals surface area contributed by atoms with Gasteiger partial charge in [-0.1, -0.05) is 18.2 Å². The molecule has 1 atom stereocenters. The van der Waals surface area contributed by atoms with Crippen LogP contribution in [0.4, 0.5) is 4.79 Å². The Balaban J connectivity index is 2.27. The summed E-state index contributed by atoms with van der Waals surface area (Å²) in [4.78, 5) is 25.8. The molecule has 0 saturated carbocycles. The Morgan fingerprint density at radius 2 is 1.69 bits per heavy atom. The molecule has 6 nitrogen and oxygen atoms in total. The molecule has 0 spiro atoms. The summed E-state index contributed by atoms with van der Waals surface area (Å²) in [5.41, 5.74) is -0.726. The van der Waals surface area contributed by atoms with Crippen molar-refractivity contribution in [2.24, 2.45) is 5.92 Å². The number of carbonyl (C=O) groups excluding carboxylic acids is 2. The van der Waals surface area contributed by atoms with Gasteiger partial charge in [0, 0.05) is 13.0 Å². The van der Waals surface area contributed by atoms with Gasteiger partial charge in [-0.15, -0.1) is 0 Å². The van der Waals surface area contributed by atoms with Crippen molar-refractivity contribution in [3.05, 3.63) is 30.3 Å². The number of likely N-dealkylation sites (tertiary alicyclic amines) is 1. The molecular weight excluding hydrogens is 354 g/mol. The van der Waals surface area contributed by atoms with Crippen molar-refractivity contribution in [3.63, 3.8) is 0 Å². The summed E-state index contributed by atoms with van der Waals surface area (Å²) in [6, 6.07) is 8.25. The fourth-order valence-electron chi connectivity index (χ4n) is 3.03. The highest BCUT2D eigenvalue weighted by molar-refractivity contribution is 7.92. The third-order valence-corrected chi connectivity index (χ3v) is 7.37. The van der Waals surface area contributed by atoms with E-state index in [4.69, 9.17) is 4.74 Å². The van der Waals surface area contributed by atoms with Gasteiger partial charge in [0.2, 0.25) is 5.91 Å². The Kier molecular flexibility index (Phi) is 5.52. The summed E-state index contributed by atoms with van der Waals surface area (Å²) in [6.45, 7) is 8.51. The number of ether oxygens (including phenoxy) is 1. The van der Waals surface area contributed by atoms with Crippen LogP contribution >= 0.6 is 0 Å². The maximum atomic E-state index is 13.1. The predicted octanol–water partition coefficient (Wildman–Crippen LogP) is 3.41. The number of carbonyl (C=O) groups is 2. The van der Waals surface area contributed by atoms with Gasteiger partial charge in [0.25, 0.3) is 0 Å². The van der Waals surface area contributed by atoms with E-state index in [0.29, 0.717) is 6.42 Å². The molecule has 2 amide bonds. The first-order valence-electron chi connectivity index (χ1n) is 8.69. The van der Waals surface area contributed by atoms with Gasteiger partial charge < -0.3 is 4.74 Å². The number of benzene rings is 1. The van der Waals surface area contributed by atoms with Crippen LogP contribution < -0.4 is 0 Å². The molecule has 26 heavy (non-hydrogen) atoms. The van der Waals surface area contributed by atoms with E-state index in [1.54, 1.807) is 65.0 Å². The van der Waals surface area contributed by atoms with Gasteiger partial charge in [0.15, 0.2) is 9.84 Å². The number of hydrogen-bond acceptors (Lipinski definition) is 5. The highest BCUT2D eigenvalue weighted by Gasteiger charge is 2.47. The molecular formula is C19H27NO5S. The summed E-state index contributed by atoms with van der Waals surface area (Å²) in [5.74, 6) is -0.707. The van der Waals surface area contributed by atoms with Crippen LogP contribution in [0.25, 0.3) is 0 Å². The van der Waals surface area contributed by atoms with Gasteiger partial charge in [-0.25, -0.2) is 18.1 Å². The molecule has 2 rings (SSSR count). The summed E-state index contributed by atoms with van der Waals surface area (Å²) >= 11 is 0. The maximum absolute atomic E-state index is 13.1. The van der Waals surface area contributed by atoms with Crippen molar-refractivity contribution < 1.29 is 22.7 Å². The third kappa shape index (κ3) is 4.09. The van der Waals surface area contributed by atoms with Crippen LogP contribution in [0.15, 0.2) is 35.2 Å². The molecule has 1 saturated heterocycles. The molecule has 1 fully saturated rings. The highest BCUT2D eigenvalue weighted by Crippen LogP contribution is 2.37. The van der Waals surface area contributed by atoms with Crippen molar-refractivity contribution >= 4 is 21.8 Å². The van der Waals surface area contributed by atoms with Crippen molar-refractivity contribution in [2.75, 3.05) is 6.54 Å². The molecule has 1 aliphatic heterocycles. The van der Waals surface area contributed by atoms with Crippen LogP contribution in [0.5, 0.6) is 0 Å². The van der Waals surface area contributed by atoms with Gasteiger partial charge in [0.05, 0.1) is 9.64 Å². The largest absolute Gasteiger partial charge is 0.443 e. The molecule has 7 heteroatoms. The lowest BCUT2D eigenvalue weighted by Gasteiger charge is -2.40. The third-order valence-electron chi connectivity index (χ3n) is 4.75. The molecule has 1 heterocycles. The minimum Gasteiger partial charge on any atom is -0.443 e. The molecule has 0 bridgehead atoms. The van der Waals surface area contributed by atoms with E-state index in [-0.39, 0.29) is 29.7 Å². The van der Waals surface area contributed by atoms with E-state index in [2.05, 4.69) is 0 Å². The predicted molar refractivity (Wildman–Crippen MR) is 98.4 cm³/mol. The first-order chi connectivity index (χ1) is 11.9. The fraction of sp³-hybridized carbons (Fsp3) is 0.579. The summed E-state index contributed by atoms with van der Waals surface area (Å²) in [6.07, 6.45) is -0.186. The van der Waals surface area contributed by atoms with Gasteiger partial charge in [-0.05, 0) is 59.1 Å². The molecule has 1 aliphatic rings. The number of piperidine rings is 1. The zero-order valence-electron chi connectivity index (χ0n) is 16.0. The molecule has 144 valence electrons. The number of nitrogens with zero attached hydrogens (tertiary/aromatic N) is 1. The SMILES string of the molecule is CC(C)(C)OC(=O)N1CC(C(C)(C)S(=O)(=O)c2ccccc2)CCC1=O. The molecule has 1 aromatic carbocycles. The van der Waals surface area contributed by atoms with Crippen molar-refractivity contribution in [2.45, 2.75) is 62.7 Å². The lowest BCUT2D eigenvalue weighted by atomic mass is 9.87. The Labute approximate surface area is 155 Å². The van der Waals surface area contributed by atoms with Crippen LogP contribution in [0.3, 0.4) is 0 Å². The number of hydrogen-bond donors (Lipinski definition) is 0. The zero-order chi connectivity index (χ0) is 19.8. The minimum absolute atomic E-state index is 0.0345. The average Bonchev–Trinajstić information content (AvgIpc) is 2.54. The highest BCUT2D eigenvalue weighted by atomic mass is 32.2. The van der Waals surface area contributed by atoms with Crippen LogP contribution in [0.2, 0.25) is 0 Å². The maximum Gasteiger partial charge on any atom is 0.417 e. The van der Waals surface area contributed by atoms with Crippen molar-refractivity contribution in [3.8, 4) is 0 Å². The van der Waals surface area contributed by atoms with E-state index < -0.39 is 26.3 Å². The van der Waals surface area contributed by atoms with Crippen LogP contribution in [0.1, 0.15) is 47.5 Å². The van der Waals surface area contributed by atoms with Gasteiger partial charge in [0.1, 0.15) is 5.60 Å². The Hall–Kier alpha value is -1.89. The standard InChI is InChI=1S/C19H27NO5S/c1-18(2,3)25-17(22)20-13-14(11-12-16(20)21)19(4,5)26(23,24)15-9-7-6-8-10-15/h6-10,14H,11-13H2,1-5H3. The van der Waals surface area contributed by atoms with E-state index >= 15 is 0 Å². The molecule has 0 aromatic heterocycles. The lowest BCUT2D eigenvalue weighted by Crippen LogP contribution is -2.53. The fourth-order valence-corrected chi connectivity index (χ4v) is 4.78. The second-order valence-corrected chi connectivity index (χ2v) is 10.7. The van der Waals surface area contributed by atoms with Crippen LogP contribution in [-0.2, 0) is 19.4 Å². The second-order valence-electron chi connectivity index (χ2n) is 8.14.